The van der Waals surface area contributed by atoms with E-state index in [-0.39, 0.29) is 6.71 Å². The van der Waals surface area contributed by atoms with E-state index >= 15 is 0 Å². The first-order valence-corrected chi connectivity index (χ1v) is 24.2. The van der Waals surface area contributed by atoms with Gasteiger partial charge in [0.05, 0.1) is 5.69 Å². The highest BCUT2D eigenvalue weighted by molar-refractivity contribution is 6.99. The SMILES string of the molecule is Cc1cc(C)c(B2c3ccccc3N(c3ccccc3-c3ccccc3)c3c2c(-c2ccccc2-c2ccccc2)c2ccc4ccc(-c5ccccc5-c5ccccc5)c5ccc3c2c45)c(C)c1. The Kier molecular flexibility index (Phi) is 9.70. The van der Waals surface area contributed by atoms with E-state index in [2.05, 4.69) is 262 Å². The minimum absolute atomic E-state index is 0.0778. The van der Waals surface area contributed by atoms with Crippen LogP contribution in [0.4, 0.5) is 17.1 Å². The molecule has 0 saturated carbocycles. The molecule has 0 saturated heterocycles. The summed E-state index contributed by atoms with van der Waals surface area (Å²) in [5, 5.41) is 7.59. The van der Waals surface area contributed by atoms with E-state index in [9.17, 15) is 0 Å². The van der Waals surface area contributed by atoms with Crippen LogP contribution in [0.3, 0.4) is 0 Å². The maximum absolute atomic E-state index is 2.63. The van der Waals surface area contributed by atoms with Crippen molar-refractivity contribution >= 4 is 72.5 Å². The summed E-state index contributed by atoms with van der Waals surface area (Å²) in [6.45, 7) is 6.80. The normalized spacial score (nSPS) is 12.2. The van der Waals surface area contributed by atoms with Crippen molar-refractivity contribution in [2.75, 3.05) is 4.90 Å². The first kappa shape index (κ1) is 40.8. The Morgan fingerprint density at radius 3 is 1.46 bits per heavy atom. The highest BCUT2D eigenvalue weighted by Crippen LogP contribution is 2.52. The third-order valence-corrected chi connectivity index (χ3v) is 14.8. The van der Waals surface area contributed by atoms with E-state index in [0.717, 1.165) is 5.69 Å². The monoisotopic (exact) mass is 877 g/mol. The molecule has 0 radical (unpaired) electrons. The molecule has 0 atom stereocenters. The number of benzene rings is 12. The molecule has 12 aromatic carbocycles. The topological polar surface area (TPSA) is 3.24 Å². The second kappa shape index (κ2) is 16.4. The lowest BCUT2D eigenvalue weighted by atomic mass is 9.32. The third kappa shape index (κ3) is 6.47. The molecule has 0 spiro atoms. The molecule has 0 amide bonds. The number of aryl methyl sites for hydroxylation is 3. The van der Waals surface area contributed by atoms with Gasteiger partial charge in [-0.15, -0.1) is 0 Å². The molecular weight excluding hydrogens is 830 g/mol. The Hall–Kier alpha value is -8.46. The van der Waals surface area contributed by atoms with E-state index in [1.54, 1.807) is 0 Å². The van der Waals surface area contributed by atoms with Crippen molar-refractivity contribution in [2.45, 2.75) is 20.8 Å². The fraction of sp³-hybridized carbons (Fsp3) is 0.0448. The summed E-state index contributed by atoms with van der Waals surface area (Å²) >= 11 is 0. The molecular formula is C67H48BN. The largest absolute Gasteiger partial charge is 0.310 e. The maximum Gasteiger partial charge on any atom is 0.248 e. The molecule has 324 valence electrons. The van der Waals surface area contributed by atoms with Crippen LogP contribution in [0.1, 0.15) is 16.7 Å². The predicted molar refractivity (Wildman–Crippen MR) is 297 cm³/mol. The molecule has 0 aliphatic carbocycles. The number of hydrogen-bond acceptors (Lipinski definition) is 1. The van der Waals surface area contributed by atoms with Gasteiger partial charge < -0.3 is 4.90 Å². The molecule has 69 heavy (non-hydrogen) atoms. The van der Waals surface area contributed by atoms with E-state index in [1.807, 2.05) is 0 Å². The summed E-state index contributed by atoms with van der Waals surface area (Å²) in [5.74, 6) is 0. The summed E-state index contributed by atoms with van der Waals surface area (Å²) in [4.78, 5) is 2.63. The molecule has 1 aliphatic rings. The van der Waals surface area contributed by atoms with Crippen molar-refractivity contribution in [3.8, 4) is 55.6 Å². The summed E-state index contributed by atoms with van der Waals surface area (Å²) in [7, 11) is 0. The van der Waals surface area contributed by atoms with E-state index in [0.29, 0.717) is 0 Å². The summed E-state index contributed by atoms with van der Waals surface area (Å²) in [6, 6.07) is 88.2. The van der Waals surface area contributed by atoms with Crippen molar-refractivity contribution < 1.29 is 0 Å². The van der Waals surface area contributed by atoms with E-state index < -0.39 is 0 Å². The van der Waals surface area contributed by atoms with Crippen LogP contribution in [-0.4, -0.2) is 6.71 Å². The van der Waals surface area contributed by atoms with Crippen molar-refractivity contribution in [3.05, 3.63) is 253 Å². The number of hydrogen-bond donors (Lipinski definition) is 0. The fourth-order valence-electron chi connectivity index (χ4n) is 12.1. The van der Waals surface area contributed by atoms with Gasteiger partial charge in [-0.3, -0.25) is 0 Å². The highest BCUT2D eigenvalue weighted by atomic mass is 15.2. The van der Waals surface area contributed by atoms with Crippen LogP contribution < -0.4 is 21.3 Å². The van der Waals surface area contributed by atoms with Gasteiger partial charge >= 0.3 is 0 Å². The average molecular weight is 878 g/mol. The lowest BCUT2D eigenvalue weighted by Crippen LogP contribution is -2.59. The Balaban J connectivity index is 1.25. The third-order valence-electron chi connectivity index (χ3n) is 14.8. The van der Waals surface area contributed by atoms with Gasteiger partial charge in [0.15, 0.2) is 0 Å². The predicted octanol–water partition coefficient (Wildman–Crippen LogP) is 16.1. The molecule has 0 aromatic heterocycles. The quantitative estimate of drug-likeness (QED) is 0.114. The highest BCUT2D eigenvalue weighted by Gasteiger charge is 2.41. The Morgan fingerprint density at radius 1 is 0.333 bits per heavy atom. The fourth-order valence-corrected chi connectivity index (χ4v) is 12.1. The van der Waals surface area contributed by atoms with Gasteiger partial charge in [0, 0.05) is 27.7 Å². The molecule has 1 aliphatic heterocycles. The number of nitrogens with zero attached hydrogens (tertiary/aromatic N) is 1. The lowest BCUT2D eigenvalue weighted by Gasteiger charge is -2.41. The number of fused-ring (bicyclic) bond motifs is 3. The van der Waals surface area contributed by atoms with Gasteiger partial charge in [0.25, 0.3) is 0 Å². The van der Waals surface area contributed by atoms with Crippen molar-refractivity contribution in [3.63, 3.8) is 0 Å². The van der Waals surface area contributed by atoms with Crippen LogP contribution in [0.5, 0.6) is 0 Å². The molecule has 0 N–H and O–H groups in total. The van der Waals surface area contributed by atoms with Gasteiger partial charge in [-0.1, -0.05) is 247 Å². The van der Waals surface area contributed by atoms with E-state index in [4.69, 9.17) is 0 Å². The average Bonchev–Trinajstić information content (AvgIpc) is 3.40. The molecule has 13 rings (SSSR count). The zero-order valence-electron chi connectivity index (χ0n) is 39.0. The Bertz CT molecular complexity index is 3910. The summed E-state index contributed by atoms with van der Waals surface area (Å²) in [5.41, 5.74) is 23.7. The molecule has 1 nitrogen and oxygen atoms in total. The second-order valence-electron chi connectivity index (χ2n) is 18.8. The maximum atomic E-state index is 2.63. The van der Waals surface area contributed by atoms with Gasteiger partial charge in [-0.2, -0.15) is 0 Å². The minimum Gasteiger partial charge on any atom is -0.310 e. The Morgan fingerprint density at radius 2 is 0.812 bits per heavy atom. The van der Waals surface area contributed by atoms with Crippen molar-refractivity contribution in [2.24, 2.45) is 0 Å². The van der Waals surface area contributed by atoms with Gasteiger partial charge in [-0.25, -0.2) is 0 Å². The minimum atomic E-state index is -0.0778. The summed E-state index contributed by atoms with van der Waals surface area (Å²) in [6.07, 6.45) is 0. The van der Waals surface area contributed by atoms with Gasteiger partial charge in [-0.05, 0) is 115 Å². The van der Waals surface area contributed by atoms with Crippen LogP contribution >= 0.6 is 0 Å². The molecule has 12 aromatic rings. The molecule has 0 fully saturated rings. The standard InChI is InChI=1S/C67H48BN/c1-43-41-44(2)65(45(3)42-43)68-59-32-18-20-34-61(59)69(60-33-19-17-29-52(60)48-25-11-6-12-26-48)67-58-40-39-56-54(53-30-15-13-27-50(53)46-21-7-4-8-22-46)37-35-49-36-38-57(63(58)62(49)56)64(66(67)68)55-31-16-14-28-51(55)47-23-9-5-10-24-47/h4-42H,1-3H3. The zero-order chi connectivity index (χ0) is 46.2. The molecule has 0 unspecified atom stereocenters. The van der Waals surface area contributed by atoms with Gasteiger partial charge in [0.2, 0.25) is 6.71 Å². The number of anilines is 3. The number of para-hydroxylation sites is 2. The van der Waals surface area contributed by atoms with Crippen LogP contribution in [-0.2, 0) is 0 Å². The van der Waals surface area contributed by atoms with Gasteiger partial charge in [0.1, 0.15) is 0 Å². The first-order valence-electron chi connectivity index (χ1n) is 24.2. The van der Waals surface area contributed by atoms with Crippen LogP contribution in [0.2, 0.25) is 0 Å². The number of rotatable bonds is 7. The zero-order valence-corrected chi connectivity index (χ0v) is 39.0. The van der Waals surface area contributed by atoms with Crippen LogP contribution in [0.25, 0.3) is 88.0 Å². The van der Waals surface area contributed by atoms with Crippen LogP contribution in [0, 0.1) is 20.8 Å². The van der Waals surface area contributed by atoms with Crippen molar-refractivity contribution in [1.29, 1.82) is 0 Å². The second-order valence-corrected chi connectivity index (χ2v) is 18.8. The van der Waals surface area contributed by atoms with Crippen LogP contribution in [0.15, 0.2) is 237 Å². The molecule has 2 heteroatoms. The van der Waals surface area contributed by atoms with E-state index in [1.165, 1.54) is 132 Å². The Labute approximate surface area is 405 Å². The lowest BCUT2D eigenvalue weighted by molar-refractivity contribution is 1.30. The molecule has 1 heterocycles. The molecule has 0 bridgehead atoms. The summed E-state index contributed by atoms with van der Waals surface area (Å²) < 4.78 is 0. The van der Waals surface area contributed by atoms with Crippen molar-refractivity contribution in [1.82, 2.24) is 0 Å². The first-order chi connectivity index (χ1) is 34.0. The smallest absolute Gasteiger partial charge is 0.248 e.